The van der Waals surface area contributed by atoms with Crippen LogP contribution >= 0.6 is 0 Å². The molecule has 8 heteroatoms. The highest BCUT2D eigenvalue weighted by molar-refractivity contribution is 6.03. The number of carboxylic acids is 1. The Labute approximate surface area is 226 Å². The summed E-state index contributed by atoms with van der Waals surface area (Å²) in [5, 5.41) is 25.4. The van der Waals surface area contributed by atoms with E-state index >= 15 is 0 Å². The summed E-state index contributed by atoms with van der Waals surface area (Å²) in [7, 11) is 0. The zero-order valence-electron chi connectivity index (χ0n) is 21.7. The second-order valence-corrected chi connectivity index (χ2v) is 10.5. The van der Waals surface area contributed by atoms with E-state index in [1.165, 1.54) is 0 Å². The minimum absolute atomic E-state index is 0.102. The Morgan fingerprint density at radius 2 is 1.90 bits per heavy atom. The normalized spacial score (nSPS) is 15.2. The molecule has 8 nitrogen and oxygen atoms in total. The fourth-order valence-corrected chi connectivity index (χ4v) is 6.03. The van der Waals surface area contributed by atoms with E-state index in [1.807, 2.05) is 47.7 Å². The number of pyridine rings is 1. The molecule has 4 aromatic rings. The van der Waals surface area contributed by atoms with Gasteiger partial charge in [0.1, 0.15) is 11.5 Å². The van der Waals surface area contributed by atoms with Crippen LogP contribution in [0, 0.1) is 24.2 Å². The predicted molar refractivity (Wildman–Crippen MR) is 149 cm³/mol. The van der Waals surface area contributed by atoms with Gasteiger partial charge in [0.15, 0.2) is 5.65 Å². The van der Waals surface area contributed by atoms with Crippen molar-refractivity contribution < 1.29 is 14.7 Å². The third-order valence-corrected chi connectivity index (χ3v) is 8.02. The Morgan fingerprint density at radius 3 is 2.62 bits per heavy atom. The number of anilines is 2. The summed E-state index contributed by atoms with van der Waals surface area (Å²) in [6, 6.07) is 18.8. The van der Waals surface area contributed by atoms with Crippen LogP contribution < -0.4 is 10.6 Å². The van der Waals surface area contributed by atoms with Gasteiger partial charge in [-0.25, -0.2) is 4.98 Å². The molecule has 1 aliphatic heterocycles. The van der Waals surface area contributed by atoms with Crippen molar-refractivity contribution in [3.63, 3.8) is 0 Å². The highest BCUT2D eigenvalue weighted by Gasteiger charge is 2.31. The number of benzene rings is 2. The van der Waals surface area contributed by atoms with Crippen molar-refractivity contribution in [2.45, 2.75) is 51.5 Å². The number of nitrogens with zero attached hydrogens (tertiary/aromatic N) is 3. The van der Waals surface area contributed by atoms with Crippen LogP contribution in [0.1, 0.15) is 60.0 Å². The van der Waals surface area contributed by atoms with Gasteiger partial charge in [0.05, 0.1) is 35.0 Å². The fourth-order valence-electron chi connectivity index (χ4n) is 6.03. The molecule has 1 fully saturated rings. The Morgan fingerprint density at radius 1 is 1.13 bits per heavy atom. The van der Waals surface area contributed by atoms with E-state index < -0.39 is 12.0 Å². The molecule has 3 heterocycles. The Bertz CT molecular complexity index is 1640. The van der Waals surface area contributed by atoms with Crippen molar-refractivity contribution in [2.75, 3.05) is 5.32 Å². The number of carbonyl (C=O) groups is 2. The van der Waals surface area contributed by atoms with Crippen molar-refractivity contribution in [1.29, 1.82) is 5.26 Å². The second kappa shape index (κ2) is 9.91. The van der Waals surface area contributed by atoms with Crippen LogP contribution in [-0.4, -0.2) is 32.4 Å². The van der Waals surface area contributed by atoms with Crippen LogP contribution in [0.25, 0.3) is 28.2 Å². The monoisotopic (exact) mass is 519 g/mol. The number of hydrogen-bond donors (Lipinski definition) is 3. The number of fused-ring (bicyclic) bond motifs is 2. The van der Waals surface area contributed by atoms with E-state index in [0.717, 1.165) is 66.0 Å². The molecule has 196 valence electrons. The second-order valence-electron chi connectivity index (χ2n) is 10.5. The standard InChI is InChI=1S/C31H29N5O3/c1-18-6-5-9-22-25-15-14-23(31(39)33-24(16-26(37)38)20-7-3-2-4-8-20)29-35-28(30(36(25)29)34-27(18)22)21-12-10-19(17-32)11-13-21/h5-6,9-15,20,24,34H,2-4,7-8,16H2,1H3,(H,33,39)(H,37,38). The maximum absolute atomic E-state index is 13.7. The zero-order chi connectivity index (χ0) is 27.1. The van der Waals surface area contributed by atoms with Crippen molar-refractivity contribution >= 4 is 29.0 Å². The average molecular weight is 520 g/mol. The van der Waals surface area contributed by atoms with E-state index in [1.54, 1.807) is 18.2 Å². The van der Waals surface area contributed by atoms with E-state index in [0.29, 0.717) is 22.5 Å². The van der Waals surface area contributed by atoms with Gasteiger partial charge in [0.25, 0.3) is 5.91 Å². The smallest absolute Gasteiger partial charge is 0.305 e. The molecule has 1 atom stereocenters. The first kappa shape index (κ1) is 24.7. The molecule has 6 rings (SSSR count). The molecule has 0 saturated heterocycles. The summed E-state index contributed by atoms with van der Waals surface area (Å²) in [5.74, 6) is -0.343. The molecule has 2 aliphatic rings. The lowest BCUT2D eigenvalue weighted by Crippen LogP contribution is -2.42. The van der Waals surface area contributed by atoms with E-state index in [-0.39, 0.29) is 18.2 Å². The van der Waals surface area contributed by atoms with Crippen LogP contribution in [0.15, 0.2) is 54.6 Å². The largest absolute Gasteiger partial charge is 0.481 e. The van der Waals surface area contributed by atoms with Gasteiger partial charge in [-0.05, 0) is 55.5 Å². The molecule has 0 radical (unpaired) electrons. The lowest BCUT2D eigenvalue weighted by atomic mass is 9.82. The van der Waals surface area contributed by atoms with E-state index in [4.69, 9.17) is 4.98 Å². The number of nitriles is 1. The molecular formula is C31H29N5O3. The minimum atomic E-state index is -0.914. The molecule has 1 aliphatic carbocycles. The quantitative estimate of drug-likeness (QED) is 0.251. The van der Waals surface area contributed by atoms with Crippen LogP contribution in [0.4, 0.5) is 11.5 Å². The Balaban J connectivity index is 1.47. The van der Waals surface area contributed by atoms with E-state index in [9.17, 15) is 20.0 Å². The van der Waals surface area contributed by atoms with Gasteiger partial charge >= 0.3 is 5.97 Å². The molecule has 0 spiro atoms. The lowest BCUT2D eigenvalue weighted by Gasteiger charge is -2.30. The topological polar surface area (TPSA) is 120 Å². The average Bonchev–Trinajstić information content (AvgIpc) is 3.33. The van der Waals surface area contributed by atoms with Crippen LogP contribution in [0.2, 0.25) is 0 Å². The number of aromatic nitrogens is 2. The molecule has 0 bridgehead atoms. The van der Waals surface area contributed by atoms with Crippen molar-refractivity contribution in [2.24, 2.45) is 5.92 Å². The highest BCUT2D eigenvalue weighted by atomic mass is 16.4. The van der Waals surface area contributed by atoms with Gasteiger partial charge in [-0.15, -0.1) is 0 Å². The van der Waals surface area contributed by atoms with Crippen LogP contribution in [-0.2, 0) is 4.79 Å². The van der Waals surface area contributed by atoms with E-state index in [2.05, 4.69) is 16.7 Å². The molecule has 1 amide bonds. The summed E-state index contributed by atoms with van der Waals surface area (Å²) >= 11 is 0. The summed E-state index contributed by atoms with van der Waals surface area (Å²) in [6.45, 7) is 2.05. The maximum atomic E-state index is 13.7. The number of rotatable bonds is 6. The molecule has 2 aromatic heterocycles. The van der Waals surface area contributed by atoms with Gasteiger partial charge in [-0.2, -0.15) is 5.26 Å². The van der Waals surface area contributed by atoms with Gasteiger partial charge in [-0.1, -0.05) is 49.6 Å². The van der Waals surface area contributed by atoms with Gasteiger partial charge in [-0.3, -0.25) is 14.0 Å². The third-order valence-electron chi connectivity index (χ3n) is 8.02. The molecule has 39 heavy (non-hydrogen) atoms. The van der Waals surface area contributed by atoms with Crippen molar-refractivity contribution in [3.05, 3.63) is 71.3 Å². The maximum Gasteiger partial charge on any atom is 0.305 e. The number of aliphatic carboxylic acids is 1. The third kappa shape index (κ3) is 4.40. The molecule has 2 aromatic carbocycles. The van der Waals surface area contributed by atoms with Crippen LogP contribution in [0.5, 0.6) is 0 Å². The molecular weight excluding hydrogens is 490 g/mol. The number of nitrogens with one attached hydrogen (secondary N) is 2. The van der Waals surface area contributed by atoms with Gasteiger partial charge in [0, 0.05) is 17.2 Å². The Kier molecular flexibility index (Phi) is 6.27. The first-order chi connectivity index (χ1) is 18.9. The highest BCUT2D eigenvalue weighted by Crippen LogP contribution is 2.43. The zero-order valence-corrected chi connectivity index (χ0v) is 21.7. The number of imidazole rings is 1. The predicted octanol–water partition coefficient (Wildman–Crippen LogP) is 6.06. The number of amides is 1. The van der Waals surface area contributed by atoms with Gasteiger partial charge in [0.2, 0.25) is 0 Å². The first-order valence-corrected chi connectivity index (χ1v) is 13.4. The number of aryl methyl sites for hydroxylation is 1. The number of hydrogen-bond acceptors (Lipinski definition) is 5. The lowest BCUT2D eigenvalue weighted by molar-refractivity contribution is -0.137. The number of para-hydroxylation sites is 1. The van der Waals surface area contributed by atoms with Crippen molar-refractivity contribution in [3.8, 4) is 28.6 Å². The number of carboxylic acid groups (broad SMARTS) is 1. The summed E-state index contributed by atoms with van der Waals surface area (Å²) in [6.07, 6.45) is 4.99. The van der Waals surface area contributed by atoms with Gasteiger partial charge < -0.3 is 15.7 Å². The molecule has 1 unspecified atom stereocenters. The minimum Gasteiger partial charge on any atom is -0.481 e. The summed E-state index contributed by atoms with van der Waals surface area (Å²) in [5.41, 5.74) is 6.93. The molecule has 3 N–H and O–H groups in total. The Hall–Kier alpha value is -4.64. The van der Waals surface area contributed by atoms with Crippen LogP contribution in [0.3, 0.4) is 0 Å². The summed E-state index contributed by atoms with van der Waals surface area (Å²) < 4.78 is 1.97. The first-order valence-electron chi connectivity index (χ1n) is 13.4. The SMILES string of the molecule is Cc1cccc2c1Nc1c(-c3ccc(C#N)cc3)nc3c(C(=O)NC(CC(=O)O)C4CCCCC4)ccc-2n13. The fraction of sp³-hybridized carbons (Fsp3) is 0.290. The number of carbonyl (C=O) groups excluding carboxylic acids is 1. The summed E-state index contributed by atoms with van der Waals surface area (Å²) in [4.78, 5) is 30.4. The van der Waals surface area contributed by atoms with Crippen molar-refractivity contribution in [1.82, 2.24) is 14.7 Å². The molecule has 1 saturated carbocycles.